The van der Waals surface area contributed by atoms with Crippen LogP contribution >= 0.6 is 0 Å². The molecule has 7 nitrogen and oxygen atoms in total. The first-order chi connectivity index (χ1) is 16.5. The number of hydrogen-bond acceptors (Lipinski definition) is 6. The monoisotopic (exact) mass is 463 g/mol. The van der Waals surface area contributed by atoms with Crippen molar-refractivity contribution in [1.82, 2.24) is 5.32 Å². The molecule has 0 aliphatic heterocycles. The van der Waals surface area contributed by atoms with Crippen molar-refractivity contribution in [3.05, 3.63) is 75.1 Å². The Labute approximate surface area is 198 Å². The molecule has 1 amide bonds. The molecule has 0 fully saturated rings. The first-order valence-electron chi connectivity index (χ1n) is 11.7. The van der Waals surface area contributed by atoms with Crippen molar-refractivity contribution in [2.45, 2.75) is 65.0 Å². The Morgan fingerprint density at radius 1 is 1.06 bits per heavy atom. The zero-order valence-electron chi connectivity index (χ0n) is 19.5. The van der Waals surface area contributed by atoms with E-state index in [1.807, 2.05) is 43.3 Å². The smallest absolute Gasteiger partial charge is 0.408 e. The highest BCUT2D eigenvalue weighted by Gasteiger charge is 2.25. The zero-order valence-corrected chi connectivity index (χ0v) is 19.5. The lowest BCUT2D eigenvalue weighted by molar-refractivity contribution is -0.136. The third-order valence-electron chi connectivity index (χ3n) is 6.17. The van der Waals surface area contributed by atoms with Gasteiger partial charge in [-0.3, -0.25) is 0 Å². The fraction of sp³-hybridized carbons (Fsp3) is 0.370. The number of fused-ring (bicyclic) bond motifs is 3. The van der Waals surface area contributed by atoms with Crippen LogP contribution in [0.5, 0.6) is 5.75 Å². The van der Waals surface area contributed by atoms with Crippen LogP contribution in [0.15, 0.2) is 51.7 Å². The number of rotatable bonds is 7. The molecule has 1 aliphatic carbocycles. The number of carbonyl (C=O) groups is 2. The topological polar surface area (TPSA) is 94.8 Å². The normalized spacial score (nSPS) is 13.7. The molecular formula is C27H29NO6. The predicted octanol–water partition coefficient (Wildman–Crippen LogP) is 4.98. The Hall–Kier alpha value is -3.61. The lowest BCUT2D eigenvalue weighted by Gasteiger charge is -2.19. The molecule has 0 saturated heterocycles. The van der Waals surface area contributed by atoms with E-state index in [1.54, 1.807) is 13.0 Å². The summed E-state index contributed by atoms with van der Waals surface area (Å²) in [5.74, 6) is -0.293. The average Bonchev–Trinajstić information content (AvgIpc) is 2.85. The summed E-state index contributed by atoms with van der Waals surface area (Å²) in [5, 5.41) is 3.49. The summed E-state index contributed by atoms with van der Waals surface area (Å²) in [7, 11) is 0. The van der Waals surface area contributed by atoms with E-state index >= 15 is 0 Å². The van der Waals surface area contributed by atoms with Crippen molar-refractivity contribution in [2.75, 3.05) is 0 Å². The molecule has 178 valence electrons. The molecule has 1 unspecified atom stereocenters. The number of esters is 1. The highest BCUT2D eigenvalue weighted by Crippen LogP contribution is 2.32. The van der Waals surface area contributed by atoms with Gasteiger partial charge in [-0.25, -0.2) is 14.4 Å². The molecule has 1 heterocycles. The summed E-state index contributed by atoms with van der Waals surface area (Å²) >= 11 is 0. The van der Waals surface area contributed by atoms with Gasteiger partial charge in [-0.05, 0) is 62.3 Å². The van der Waals surface area contributed by atoms with Gasteiger partial charge in [0.1, 0.15) is 24.0 Å². The van der Waals surface area contributed by atoms with Gasteiger partial charge < -0.3 is 19.2 Å². The Morgan fingerprint density at radius 3 is 2.53 bits per heavy atom. The maximum Gasteiger partial charge on any atom is 0.408 e. The highest BCUT2D eigenvalue weighted by atomic mass is 16.6. The molecule has 0 spiro atoms. The number of nitrogens with one attached hydrogen (secondary N) is 1. The van der Waals surface area contributed by atoms with Crippen LogP contribution in [0.25, 0.3) is 11.0 Å². The van der Waals surface area contributed by atoms with Gasteiger partial charge in [-0.1, -0.05) is 43.7 Å². The van der Waals surface area contributed by atoms with Crippen LogP contribution in [0.2, 0.25) is 0 Å². The lowest BCUT2D eigenvalue weighted by Crippen LogP contribution is -2.43. The van der Waals surface area contributed by atoms with Gasteiger partial charge in [0.25, 0.3) is 0 Å². The Bertz CT molecular complexity index is 1250. The van der Waals surface area contributed by atoms with E-state index in [2.05, 4.69) is 5.32 Å². The average molecular weight is 464 g/mol. The fourth-order valence-electron chi connectivity index (χ4n) is 4.36. The zero-order chi connectivity index (χ0) is 24.1. The summed E-state index contributed by atoms with van der Waals surface area (Å²) < 4.78 is 16.5. The van der Waals surface area contributed by atoms with E-state index in [1.165, 1.54) is 0 Å². The first kappa shape index (κ1) is 23.5. The molecule has 1 aliphatic rings. The van der Waals surface area contributed by atoms with Crippen molar-refractivity contribution in [2.24, 2.45) is 0 Å². The van der Waals surface area contributed by atoms with E-state index < -0.39 is 18.1 Å². The van der Waals surface area contributed by atoms with Gasteiger partial charge in [-0.2, -0.15) is 0 Å². The molecule has 4 rings (SSSR count). The van der Waals surface area contributed by atoms with Crippen LogP contribution < -0.4 is 15.7 Å². The first-order valence-corrected chi connectivity index (χ1v) is 11.7. The number of amides is 1. The minimum Gasteiger partial charge on any atom is -0.445 e. The van der Waals surface area contributed by atoms with Crippen molar-refractivity contribution in [3.63, 3.8) is 0 Å². The predicted molar refractivity (Wildman–Crippen MR) is 128 cm³/mol. The van der Waals surface area contributed by atoms with Gasteiger partial charge in [0, 0.05) is 16.5 Å². The SMILES string of the molecule is CCCC(NC(=O)OCc1ccccc1)C(=O)Oc1ccc2c3c(c(=O)oc2c1C)CCCC3. The van der Waals surface area contributed by atoms with E-state index in [9.17, 15) is 14.4 Å². The number of hydrogen-bond donors (Lipinski definition) is 1. The van der Waals surface area contributed by atoms with Crippen LogP contribution in [0, 0.1) is 6.92 Å². The second-order valence-electron chi connectivity index (χ2n) is 8.59. The van der Waals surface area contributed by atoms with Gasteiger partial charge in [0.15, 0.2) is 0 Å². The van der Waals surface area contributed by atoms with E-state index in [0.717, 1.165) is 47.8 Å². The quantitative estimate of drug-likeness (QED) is 0.302. The number of alkyl carbamates (subject to hydrolysis) is 1. The molecule has 1 aromatic heterocycles. The van der Waals surface area contributed by atoms with Crippen molar-refractivity contribution < 1.29 is 23.5 Å². The number of ether oxygens (including phenoxy) is 2. The largest absolute Gasteiger partial charge is 0.445 e. The van der Waals surface area contributed by atoms with Crippen molar-refractivity contribution in [1.29, 1.82) is 0 Å². The van der Waals surface area contributed by atoms with Crippen molar-refractivity contribution in [3.8, 4) is 5.75 Å². The van der Waals surface area contributed by atoms with Crippen LogP contribution in [-0.2, 0) is 29.0 Å². The van der Waals surface area contributed by atoms with E-state index in [-0.39, 0.29) is 12.2 Å². The maximum atomic E-state index is 12.9. The van der Waals surface area contributed by atoms with Gasteiger partial charge in [0.2, 0.25) is 0 Å². The molecule has 3 aromatic rings. The maximum absolute atomic E-state index is 12.9. The molecular weight excluding hydrogens is 434 g/mol. The minimum absolute atomic E-state index is 0.105. The minimum atomic E-state index is -0.862. The Morgan fingerprint density at radius 2 is 1.79 bits per heavy atom. The molecule has 34 heavy (non-hydrogen) atoms. The van der Waals surface area contributed by atoms with Crippen LogP contribution in [0.3, 0.4) is 0 Å². The fourth-order valence-corrected chi connectivity index (χ4v) is 4.36. The van der Waals surface area contributed by atoms with Gasteiger partial charge >= 0.3 is 17.7 Å². The van der Waals surface area contributed by atoms with E-state index in [4.69, 9.17) is 13.9 Å². The Balaban J connectivity index is 1.49. The Kier molecular flexibility index (Phi) is 7.30. The molecule has 1 N–H and O–H groups in total. The number of carbonyl (C=O) groups excluding carboxylic acids is 2. The third-order valence-corrected chi connectivity index (χ3v) is 6.17. The molecule has 7 heteroatoms. The second kappa shape index (κ2) is 10.5. The summed E-state index contributed by atoms with van der Waals surface area (Å²) in [6, 6.07) is 12.0. The molecule has 0 saturated carbocycles. The lowest BCUT2D eigenvalue weighted by atomic mass is 9.90. The van der Waals surface area contributed by atoms with E-state index in [0.29, 0.717) is 29.7 Å². The molecule has 0 bridgehead atoms. The highest BCUT2D eigenvalue weighted by molar-refractivity contribution is 5.88. The van der Waals surface area contributed by atoms with Crippen LogP contribution in [0.1, 0.15) is 54.9 Å². The van der Waals surface area contributed by atoms with Crippen molar-refractivity contribution >= 4 is 23.0 Å². The standard InChI is InChI=1S/C27H29NO6/c1-3-9-22(28-27(31)32-16-18-10-5-4-6-11-18)26(30)33-23-15-14-20-19-12-7-8-13-21(19)25(29)34-24(20)17(23)2/h4-6,10-11,14-15,22H,3,7-9,12-13,16H2,1-2H3,(H,28,31). The third kappa shape index (κ3) is 5.14. The summed E-state index contributed by atoms with van der Waals surface area (Å²) in [6.07, 6.45) is 3.96. The molecule has 1 atom stereocenters. The number of benzene rings is 2. The van der Waals surface area contributed by atoms with Gasteiger partial charge in [-0.15, -0.1) is 0 Å². The molecule has 2 aromatic carbocycles. The van der Waals surface area contributed by atoms with Crippen LogP contribution in [0.4, 0.5) is 4.79 Å². The molecule has 0 radical (unpaired) electrons. The number of aryl methyl sites for hydroxylation is 2. The summed E-state index contributed by atoms with van der Waals surface area (Å²) in [6.45, 7) is 3.78. The van der Waals surface area contributed by atoms with Gasteiger partial charge in [0.05, 0.1) is 0 Å². The van der Waals surface area contributed by atoms with Crippen LogP contribution in [-0.4, -0.2) is 18.1 Å². The second-order valence-corrected chi connectivity index (χ2v) is 8.59. The summed E-state index contributed by atoms with van der Waals surface area (Å²) in [4.78, 5) is 37.7. The summed E-state index contributed by atoms with van der Waals surface area (Å²) in [5.41, 5.74) is 3.34.